The number of carbonyl (C=O) groups is 1. The van der Waals surface area contributed by atoms with E-state index in [-0.39, 0.29) is 24.0 Å². The van der Waals surface area contributed by atoms with E-state index in [0.717, 1.165) is 24.8 Å². The maximum Gasteiger partial charge on any atom is 0.233 e. The Morgan fingerprint density at radius 1 is 1.35 bits per heavy atom. The predicted octanol–water partition coefficient (Wildman–Crippen LogP) is 1.33. The van der Waals surface area contributed by atoms with E-state index in [9.17, 15) is 9.90 Å². The molecule has 2 aliphatic rings. The number of benzene rings is 1. The van der Waals surface area contributed by atoms with Crippen LogP contribution in [0.4, 0.5) is 0 Å². The molecule has 1 N–H and O–H groups in total. The highest BCUT2D eigenvalue weighted by Gasteiger charge is 2.48. The first-order valence-electron chi connectivity index (χ1n) is 7.34. The van der Waals surface area contributed by atoms with Crippen molar-refractivity contribution in [1.29, 1.82) is 0 Å². The van der Waals surface area contributed by atoms with Crippen LogP contribution in [-0.4, -0.2) is 48.3 Å². The first kappa shape index (κ1) is 13.6. The molecule has 1 aromatic carbocycles. The summed E-state index contributed by atoms with van der Waals surface area (Å²) in [5.41, 5.74) is 0.793. The van der Waals surface area contributed by atoms with Crippen molar-refractivity contribution in [2.24, 2.45) is 0 Å². The number of carbonyl (C=O) groups excluding carboxylic acids is 1. The highest BCUT2D eigenvalue weighted by Crippen LogP contribution is 2.45. The number of aliphatic hydroxyl groups is 1. The van der Waals surface area contributed by atoms with Crippen LogP contribution in [0, 0.1) is 0 Å². The second kappa shape index (κ2) is 5.54. The largest absolute Gasteiger partial charge is 0.394 e. The fourth-order valence-corrected chi connectivity index (χ4v) is 3.23. The Labute approximate surface area is 119 Å². The molecule has 4 nitrogen and oxygen atoms in total. The van der Waals surface area contributed by atoms with Gasteiger partial charge in [0.2, 0.25) is 5.91 Å². The minimum atomic E-state index is -0.335. The van der Waals surface area contributed by atoms with E-state index in [1.807, 2.05) is 23.1 Å². The van der Waals surface area contributed by atoms with Crippen LogP contribution < -0.4 is 0 Å². The molecule has 20 heavy (non-hydrogen) atoms. The first-order chi connectivity index (χ1) is 9.76. The summed E-state index contributed by atoms with van der Waals surface area (Å²) in [7, 11) is 0. The van der Waals surface area contributed by atoms with Crippen LogP contribution in [0.3, 0.4) is 0 Å². The SMILES string of the molecule is O=C(N1CCOC(CO)C1)C1(c2ccccc2)CCC1. The number of ether oxygens (including phenoxy) is 1. The molecule has 1 aliphatic carbocycles. The molecule has 1 aliphatic heterocycles. The lowest BCUT2D eigenvalue weighted by Crippen LogP contribution is -2.56. The van der Waals surface area contributed by atoms with Crippen molar-refractivity contribution in [2.75, 3.05) is 26.3 Å². The molecule has 4 heteroatoms. The minimum absolute atomic E-state index is 0.0257. The van der Waals surface area contributed by atoms with E-state index < -0.39 is 0 Å². The number of morpholine rings is 1. The average molecular weight is 275 g/mol. The van der Waals surface area contributed by atoms with E-state index in [2.05, 4.69) is 12.1 Å². The lowest BCUT2D eigenvalue weighted by atomic mass is 9.63. The van der Waals surface area contributed by atoms with Gasteiger partial charge in [0.15, 0.2) is 0 Å². The van der Waals surface area contributed by atoms with Crippen LogP contribution in [0.2, 0.25) is 0 Å². The molecule has 1 saturated heterocycles. The normalized spacial score (nSPS) is 25.1. The fourth-order valence-electron chi connectivity index (χ4n) is 3.23. The standard InChI is InChI=1S/C16H21NO3/c18-12-14-11-17(9-10-20-14)15(19)16(7-4-8-16)13-5-2-1-3-6-13/h1-3,5-6,14,18H,4,7-12H2. The number of amides is 1. The van der Waals surface area contributed by atoms with Crippen molar-refractivity contribution in [2.45, 2.75) is 30.8 Å². The Balaban J connectivity index is 1.81. The zero-order chi connectivity index (χ0) is 14.0. The van der Waals surface area contributed by atoms with Gasteiger partial charge in [-0.2, -0.15) is 0 Å². The molecule has 0 spiro atoms. The molecule has 3 rings (SSSR count). The van der Waals surface area contributed by atoms with Crippen LogP contribution in [-0.2, 0) is 14.9 Å². The molecule has 0 aromatic heterocycles. The summed E-state index contributed by atoms with van der Waals surface area (Å²) in [4.78, 5) is 14.8. The molecule has 0 radical (unpaired) electrons. The summed E-state index contributed by atoms with van der Waals surface area (Å²) in [5, 5.41) is 9.22. The first-order valence-corrected chi connectivity index (χ1v) is 7.34. The minimum Gasteiger partial charge on any atom is -0.394 e. The molecular formula is C16H21NO3. The number of hydrogen-bond donors (Lipinski definition) is 1. The van der Waals surface area contributed by atoms with E-state index in [4.69, 9.17) is 4.74 Å². The molecule has 1 unspecified atom stereocenters. The van der Waals surface area contributed by atoms with Gasteiger partial charge in [0.25, 0.3) is 0 Å². The average Bonchev–Trinajstić information content (AvgIpc) is 2.47. The third-order valence-electron chi connectivity index (χ3n) is 4.57. The van der Waals surface area contributed by atoms with Gasteiger partial charge >= 0.3 is 0 Å². The topological polar surface area (TPSA) is 49.8 Å². The van der Waals surface area contributed by atoms with Gasteiger partial charge in [0.05, 0.1) is 24.7 Å². The van der Waals surface area contributed by atoms with Gasteiger partial charge in [0.1, 0.15) is 0 Å². The van der Waals surface area contributed by atoms with Crippen molar-refractivity contribution in [3.05, 3.63) is 35.9 Å². The van der Waals surface area contributed by atoms with Crippen LogP contribution in [0.1, 0.15) is 24.8 Å². The van der Waals surface area contributed by atoms with E-state index in [1.165, 1.54) is 0 Å². The van der Waals surface area contributed by atoms with E-state index in [1.54, 1.807) is 0 Å². The summed E-state index contributed by atoms with van der Waals surface area (Å²) in [6, 6.07) is 10.1. The molecule has 1 heterocycles. The van der Waals surface area contributed by atoms with Crippen LogP contribution in [0.5, 0.6) is 0 Å². The quantitative estimate of drug-likeness (QED) is 0.905. The lowest BCUT2D eigenvalue weighted by molar-refractivity contribution is -0.149. The number of hydrogen-bond acceptors (Lipinski definition) is 3. The van der Waals surface area contributed by atoms with Crippen LogP contribution in [0.25, 0.3) is 0 Å². The fraction of sp³-hybridized carbons (Fsp3) is 0.562. The zero-order valence-electron chi connectivity index (χ0n) is 11.6. The van der Waals surface area contributed by atoms with Gasteiger partial charge in [0, 0.05) is 13.1 Å². The number of aliphatic hydroxyl groups excluding tert-OH is 1. The van der Waals surface area contributed by atoms with Crippen LogP contribution in [0.15, 0.2) is 30.3 Å². The Kier molecular flexibility index (Phi) is 3.76. The summed E-state index contributed by atoms with van der Waals surface area (Å²) in [6.45, 7) is 1.62. The second-order valence-corrected chi connectivity index (χ2v) is 5.73. The van der Waals surface area contributed by atoms with Crippen molar-refractivity contribution in [1.82, 2.24) is 4.90 Å². The zero-order valence-corrected chi connectivity index (χ0v) is 11.6. The van der Waals surface area contributed by atoms with Gasteiger partial charge in [-0.15, -0.1) is 0 Å². The second-order valence-electron chi connectivity index (χ2n) is 5.73. The highest BCUT2D eigenvalue weighted by molar-refractivity contribution is 5.89. The maximum atomic E-state index is 13.0. The van der Waals surface area contributed by atoms with Crippen molar-refractivity contribution < 1.29 is 14.6 Å². The smallest absolute Gasteiger partial charge is 0.233 e. The molecule has 108 valence electrons. The highest BCUT2D eigenvalue weighted by atomic mass is 16.5. The Morgan fingerprint density at radius 2 is 2.10 bits per heavy atom. The maximum absolute atomic E-state index is 13.0. The third kappa shape index (κ3) is 2.23. The molecule has 0 bridgehead atoms. The third-order valence-corrected chi connectivity index (χ3v) is 4.57. The number of nitrogens with zero attached hydrogens (tertiary/aromatic N) is 1. The van der Waals surface area contributed by atoms with E-state index >= 15 is 0 Å². The summed E-state index contributed by atoms with van der Waals surface area (Å²) in [5.74, 6) is 0.205. The molecule has 1 atom stereocenters. The molecule has 2 fully saturated rings. The predicted molar refractivity (Wildman–Crippen MR) is 75.4 cm³/mol. The van der Waals surface area contributed by atoms with Crippen molar-refractivity contribution in [3.8, 4) is 0 Å². The van der Waals surface area contributed by atoms with Gasteiger partial charge in [-0.3, -0.25) is 4.79 Å². The van der Waals surface area contributed by atoms with Gasteiger partial charge in [-0.1, -0.05) is 36.8 Å². The molecule has 1 aromatic rings. The van der Waals surface area contributed by atoms with Crippen molar-refractivity contribution >= 4 is 5.91 Å². The molecule has 1 amide bonds. The summed E-state index contributed by atoms with van der Waals surface area (Å²) < 4.78 is 5.43. The van der Waals surface area contributed by atoms with Gasteiger partial charge < -0.3 is 14.7 Å². The van der Waals surface area contributed by atoms with Crippen LogP contribution >= 0.6 is 0 Å². The monoisotopic (exact) mass is 275 g/mol. The molecule has 1 saturated carbocycles. The summed E-state index contributed by atoms with van der Waals surface area (Å²) >= 11 is 0. The van der Waals surface area contributed by atoms with Gasteiger partial charge in [-0.25, -0.2) is 0 Å². The van der Waals surface area contributed by atoms with Crippen molar-refractivity contribution in [3.63, 3.8) is 0 Å². The summed E-state index contributed by atoms with van der Waals surface area (Å²) in [6.07, 6.45) is 2.73. The lowest BCUT2D eigenvalue weighted by Gasteiger charge is -2.45. The Morgan fingerprint density at radius 3 is 2.70 bits per heavy atom. The molecular weight excluding hydrogens is 254 g/mol. The van der Waals surface area contributed by atoms with E-state index in [0.29, 0.717) is 19.7 Å². The Hall–Kier alpha value is -1.39. The number of rotatable bonds is 3. The Bertz CT molecular complexity index is 470. The van der Waals surface area contributed by atoms with Gasteiger partial charge in [-0.05, 0) is 18.4 Å².